The van der Waals surface area contributed by atoms with Crippen molar-refractivity contribution in [2.24, 2.45) is 0 Å². The second-order valence-electron chi connectivity index (χ2n) is 3.18. The van der Waals surface area contributed by atoms with E-state index in [0.29, 0.717) is 17.8 Å². The fraction of sp³-hybridized carbons (Fsp3) is 0.300. The first kappa shape index (κ1) is 9.64. The van der Waals surface area contributed by atoms with E-state index in [1.165, 1.54) is 18.7 Å². The Hall–Kier alpha value is -1.91. The number of furan rings is 1. The van der Waals surface area contributed by atoms with Crippen LogP contribution < -0.4 is 0 Å². The van der Waals surface area contributed by atoms with Crippen molar-refractivity contribution in [3.8, 4) is 0 Å². The fourth-order valence-electron chi connectivity index (χ4n) is 1.35. The van der Waals surface area contributed by atoms with Crippen LogP contribution in [0.25, 0.3) is 0 Å². The Kier molecular flexibility index (Phi) is 2.62. The summed E-state index contributed by atoms with van der Waals surface area (Å²) in [5.41, 5.74) is 1.02. The van der Waals surface area contributed by atoms with Gasteiger partial charge in [0.1, 0.15) is 12.0 Å². The zero-order chi connectivity index (χ0) is 10.7. The monoisotopic (exact) mass is 205 g/mol. The van der Waals surface area contributed by atoms with Crippen LogP contribution in [0.15, 0.2) is 29.2 Å². The number of carbonyl (C=O) groups is 1. The quantitative estimate of drug-likeness (QED) is 0.710. The summed E-state index contributed by atoms with van der Waals surface area (Å²) in [6, 6.07) is 1.63. The molecule has 0 N–H and O–H groups in total. The molecular formula is C10H11N3O2. The van der Waals surface area contributed by atoms with E-state index in [9.17, 15) is 4.79 Å². The highest BCUT2D eigenvalue weighted by Crippen LogP contribution is 2.09. The summed E-state index contributed by atoms with van der Waals surface area (Å²) < 4.78 is 6.47. The Bertz CT molecular complexity index is 445. The minimum absolute atomic E-state index is 0.109. The highest BCUT2D eigenvalue weighted by atomic mass is 16.3. The molecule has 5 heteroatoms. The number of ketones is 1. The first-order valence-electron chi connectivity index (χ1n) is 4.78. The molecule has 0 unspecified atom stereocenters. The summed E-state index contributed by atoms with van der Waals surface area (Å²) in [6.07, 6.45) is 5.28. The van der Waals surface area contributed by atoms with Crippen molar-refractivity contribution in [2.75, 3.05) is 0 Å². The average Bonchev–Trinajstić information content (AvgIpc) is 2.87. The molecule has 2 rings (SSSR count). The van der Waals surface area contributed by atoms with E-state index in [4.69, 9.17) is 4.42 Å². The van der Waals surface area contributed by atoms with Gasteiger partial charge in [-0.1, -0.05) is 12.1 Å². The van der Waals surface area contributed by atoms with Gasteiger partial charge in [-0.15, -0.1) is 5.10 Å². The minimum atomic E-state index is -0.109. The maximum absolute atomic E-state index is 11.9. The van der Waals surface area contributed by atoms with Gasteiger partial charge in [0.15, 0.2) is 0 Å². The lowest BCUT2D eigenvalue weighted by Gasteiger charge is -2.01. The second-order valence-corrected chi connectivity index (χ2v) is 3.18. The molecule has 0 saturated heterocycles. The van der Waals surface area contributed by atoms with E-state index in [-0.39, 0.29) is 5.78 Å². The Morgan fingerprint density at radius 2 is 2.47 bits per heavy atom. The molecule has 0 fully saturated rings. The number of nitrogens with zero attached hydrogens (tertiary/aromatic N) is 3. The van der Waals surface area contributed by atoms with Crippen molar-refractivity contribution in [2.45, 2.75) is 19.9 Å². The molecule has 0 radical (unpaired) electrons. The van der Waals surface area contributed by atoms with E-state index in [2.05, 4.69) is 10.3 Å². The Labute approximate surface area is 86.7 Å². The number of rotatable bonds is 4. The Morgan fingerprint density at radius 1 is 1.60 bits per heavy atom. The van der Waals surface area contributed by atoms with Crippen LogP contribution in [-0.4, -0.2) is 20.8 Å². The predicted molar refractivity (Wildman–Crippen MR) is 52.5 cm³/mol. The Morgan fingerprint density at radius 3 is 3.13 bits per heavy atom. The third-order valence-electron chi connectivity index (χ3n) is 2.07. The standard InChI is InChI=1S/C10H11N3O2/c1-2-4-13-9(6-11-12-13)10(14)8-3-5-15-7-8/h3,5-7H,2,4H2,1H3. The summed E-state index contributed by atoms with van der Waals surface area (Å²) in [7, 11) is 0. The van der Waals surface area contributed by atoms with E-state index < -0.39 is 0 Å². The van der Waals surface area contributed by atoms with Crippen LogP contribution >= 0.6 is 0 Å². The highest BCUT2D eigenvalue weighted by molar-refractivity contribution is 6.07. The third kappa shape index (κ3) is 1.81. The zero-order valence-corrected chi connectivity index (χ0v) is 8.38. The minimum Gasteiger partial charge on any atom is -0.472 e. The molecule has 15 heavy (non-hydrogen) atoms. The van der Waals surface area contributed by atoms with Crippen LogP contribution in [0, 0.1) is 0 Å². The van der Waals surface area contributed by atoms with E-state index in [1.54, 1.807) is 10.7 Å². The van der Waals surface area contributed by atoms with Crippen LogP contribution in [0.2, 0.25) is 0 Å². The average molecular weight is 205 g/mol. The molecule has 0 spiro atoms. The van der Waals surface area contributed by atoms with Crippen LogP contribution in [-0.2, 0) is 6.54 Å². The number of aromatic nitrogens is 3. The maximum atomic E-state index is 11.9. The molecule has 0 atom stereocenters. The molecule has 2 heterocycles. The molecule has 0 aliphatic carbocycles. The summed E-state index contributed by atoms with van der Waals surface area (Å²) >= 11 is 0. The number of aryl methyl sites for hydroxylation is 1. The van der Waals surface area contributed by atoms with E-state index in [0.717, 1.165) is 6.42 Å². The summed E-state index contributed by atoms with van der Waals surface area (Å²) in [4.78, 5) is 11.9. The second kappa shape index (κ2) is 4.08. The number of hydrogen-bond acceptors (Lipinski definition) is 4. The van der Waals surface area contributed by atoms with Crippen molar-refractivity contribution < 1.29 is 9.21 Å². The largest absolute Gasteiger partial charge is 0.472 e. The van der Waals surface area contributed by atoms with Gasteiger partial charge in [-0.25, -0.2) is 4.68 Å². The van der Waals surface area contributed by atoms with Crippen molar-refractivity contribution in [1.82, 2.24) is 15.0 Å². The zero-order valence-electron chi connectivity index (χ0n) is 8.38. The van der Waals surface area contributed by atoms with Crippen molar-refractivity contribution in [3.63, 3.8) is 0 Å². The van der Waals surface area contributed by atoms with Gasteiger partial charge in [-0.3, -0.25) is 4.79 Å². The molecule has 2 aromatic rings. The molecule has 78 valence electrons. The first-order valence-corrected chi connectivity index (χ1v) is 4.78. The molecule has 0 amide bonds. The van der Waals surface area contributed by atoms with Gasteiger partial charge >= 0.3 is 0 Å². The molecule has 2 aromatic heterocycles. The van der Waals surface area contributed by atoms with Crippen molar-refractivity contribution in [3.05, 3.63) is 36.0 Å². The normalized spacial score (nSPS) is 10.5. The molecule has 5 nitrogen and oxygen atoms in total. The smallest absolute Gasteiger partial charge is 0.215 e. The molecule has 0 bridgehead atoms. The van der Waals surface area contributed by atoms with Gasteiger partial charge in [-0.05, 0) is 12.5 Å². The lowest BCUT2D eigenvalue weighted by molar-refractivity contribution is 0.102. The van der Waals surface area contributed by atoms with E-state index >= 15 is 0 Å². The predicted octanol–water partition coefficient (Wildman–Crippen LogP) is 1.51. The lowest BCUT2D eigenvalue weighted by atomic mass is 10.2. The number of carbonyl (C=O) groups excluding carboxylic acids is 1. The summed E-state index contributed by atoms with van der Waals surface area (Å²) in [5, 5.41) is 7.59. The van der Waals surface area contributed by atoms with Crippen molar-refractivity contribution in [1.29, 1.82) is 0 Å². The highest BCUT2D eigenvalue weighted by Gasteiger charge is 2.15. The maximum Gasteiger partial charge on any atom is 0.215 e. The topological polar surface area (TPSA) is 60.9 Å². The van der Waals surface area contributed by atoms with Gasteiger partial charge in [0.2, 0.25) is 5.78 Å². The third-order valence-corrected chi connectivity index (χ3v) is 2.07. The molecular weight excluding hydrogens is 194 g/mol. The van der Waals surface area contributed by atoms with Gasteiger partial charge < -0.3 is 4.42 Å². The van der Waals surface area contributed by atoms with Gasteiger partial charge in [-0.2, -0.15) is 0 Å². The van der Waals surface area contributed by atoms with Crippen LogP contribution in [0.3, 0.4) is 0 Å². The molecule has 0 saturated carbocycles. The SMILES string of the molecule is CCCn1nncc1C(=O)c1ccoc1. The van der Waals surface area contributed by atoms with Gasteiger partial charge in [0.25, 0.3) is 0 Å². The number of hydrogen-bond donors (Lipinski definition) is 0. The van der Waals surface area contributed by atoms with Crippen LogP contribution in [0.4, 0.5) is 0 Å². The van der Waals surface area contributed by atoms with Gasteiger partial charge in [0.05, 0.1) is 18.0 Å². The van der Waals surface area contributed by atoms with Crippen LogP contribution in [0.5, 0.6) is 0 Å². The van der Waals surface area contributed by atoms with Crippen LogP contribution in [0.1, 0.15) is 29.4 Å². The Balaban J connectivity index is 2.29. The van der Waals surface area contributed by atoms with E-state index in [1.807, 2.05) is 6.92 Å². The lowest BCUT2D eigenvalue weighted by Crippen LogP contribution is -2.10. The molecule has 0 aromatic carbocycles. The molecule has 0 aliphatic heterocycles. The first-order chi connectivity index (χ1) is 7.33. The van der Waals surface area contributed by atoms with Gasteiger partial charge in [0, 0.05) is 6.54 Å². The molecule has 0 aliphatic rings. The van der Waals surface area contributed by atoms with Crippen molar-refractivity contribution >= 4 is 5.78 Å². The fourth-order valence-corrected chi connectivity index (χ4v) is 1.35. The summed E-state index contributed by atoms with van der Waals surface area (Å²) in [6.45, 7) is 2.71. The summed E-state index contributed by atoms with van der Waals surface area (Å²) in [5.74, 6) is -0.109.